The lowest BCUT2D eigenvalue weighted by molar-refractivity contribution is -0.274. The summed E-state index contributed by atoms with van der Waals surface area (Å²) >= 11 is 0. The monoisotopic (exact) mass is 206 g/mol. The maximum absolute atomic E-state index is 11.7. The highest BCUT2D eigenvalue weighted by atomic mass is 19.4. The summed E-state index contributed by atoms with van der Waals surface area (Å²) in [4.78, 5) is 0. The molecule has 0 saturated carbocycles. The van der Waals surface area contributed by atoms with Gasteiger partial charge in [-0.05, 0) is 12.1 Å². The molecule has 0 spiro atoms. The van der Waals surface area contributed by atoms with Crippen molar-refractivity contribution in [2.24, 2.45) is 0 Å². The van der Waals surface area contributed by atoms with Crippen molar-refractivity contribution < 1.29 is 27.6 Å². The van der Waals surface area contributed by atoms with E-state index in [4.69, 9.17) is 5.02 Å². The van der Waals surface area contributed by atoms with Gasteiger partial charge < -0.3 is 14.4 Å². The summed E-state index contributed by atoms with van der Waals surface area (Å²) in [7, 11) is -0.602. The molecule has 0 saturated heterocycles. The molecule has 0 fully saturated rings. The second kappa shape index (κ2) is 4.23. The predicted molar refractivity (Wildman–Crippen MR) is 43.1 cm³/mol. The first kappa shape index (κ1) is 10.7. The molecule has 0 atom stereocenters. The van der Waals surface area contributed by atoms with Gasteiger partial charge in [0, 0.05) is 6.07 Å². The van der Waals surface area contributed by atoms with Crippen molar-refractivity contribution in [3.05, 3.63) is 24.3 Å². The molecule has 0 aliphatic heterocycles. The molecular formula is C7H6BF3O3. The van der Waals surface area contributed by atoms with Crippen molar-refractivity contribution in [1.29, 1.82) is 0 Å². The Morgan fingerprint density at radius 1 is 1.21 bits per heavy atom. The molecule has 14 heavy (non-hydrogen) atoms. The largest absolute Gasteiger partial charge is 0.573 e. The molecule has 0 heterocycles. The van der Waals surface area contributed by atoms with E-state index in [0.717, 1.165) is 12.1 Å². The fourth-order valence-corrected chi connectivity index (χ4v) is 0.836. The van der Waals surface area contributed by atoms with Gasteiger partial charge >= 0.3 is 14.0 Å². The fraction of sp³-hybridized carbons (Fsp3) is 0.143. The Morgan fingerprint density at radius 2 is 1.86 bits per heavy atom. The minimum Gasteiger partial charge on any atom is -0.539 e. The van der Waals surface area contributed by atoms with E-state index < -0.39 is 14.0 Å². The van der Waals surface area contributed by atoms with Crippen LogP contribution >= 0.6 is 0 Å². The number of halogens is 3. The predicted octanol–water partition coefficient (Wildman–Crippen LogP) is 1.22. The van der Waals surface area contributed by atoms with E-state index in [-0.39, 0.29) is 11.5 Å². The third kappa shape index (κ3) is 3.57. The molecule has 1 aromatic carbocycles. The zero-order valence-corrected chi connectivity index (χ0v) is 6.91. The molecule has 3 nitrogen and oxygen atoms in total. The molecule has 0 aliphatic carbocycles. The molecule has 0 aromatic heterocycles. The minimum atomic E-state index is -4.72. The lowest BCUT2D eigenvalue weighted by atomic mass is 10.3. The average Bonchev–Trinajstić information content (AvgIpc) is 2.02. The lowest BCUT2D eigenvalue weighted by Gasteiger charge is -2.09. The average molecular weight is 206 g/mol. The van der Waals surface area contributed by atoms with Crippen molar-refractivity contribution in [3.63, 3.8) is 0 Å². The quantitative estimate of drug-likeness (QED) is 0.755. The van der Waals surface area contributed by atoms with Crippen LogP contribution in [0.5, 0.6) is 11.5 Å². The maximum atomic E-state index is 11.7. The standard InChI is InChI=1S/C7H6BF3O3/c9-7(10,11)13-5-2-1-3-6(4-5)14-8-12/h1-4,8,12H. The van der Waals surface area contributed by atoms with Crippen LogP contribution in [0, 0.1) is 0 Å². The van der Waals surface area contributed by atoms with E-state index in [0.29, 0.717) is 0 Å². The second-order valence-corrected chi connectivity index (χ2v) is 2.30. The van der Waals surface area contributed by atoms with Gasteiger partial charge in [0.25, 0.3) is 0 Å². The molecule has 7 heteroatoms. The van der Waals surface area contributed by atoms with Gasteiger partial charge in [0.2, 0.25) is 0 Å². The summed E-state index contributed by atoms with van der Waals surface area (Å²) in [5.41, 5.74) is 0. The summed E-state index contributed by atoms with van der Waals surface area (Å²) < 4.78 is 43.4. The number of alkyl halides is 3. The first-order valence-electron chi connectivity index (χ1n) is 3.61. The Bertz CT molecular complexity index is 302. The summed E-state index contributed by atoms with van der Waals surface area (Å²) in [5, 5.41) is 8.36. The number of ether oxygens (including phenoxy) is 1. The first-order chi connectivity index (χ1) is 6.51. The van der Waals surface area contributed by atoms with Crippen LogP contribution in [0.2, 0.25) is 0 Å². The number of benzene rings is 1. The lowest BCUT2D eigenvalue weighted by Crippen LogP contribution is -2.17. The Balaban J connectivity index is 2.73. The van der Waals surface area contributed by atoms with Gasteiger partial charge in [-0.2, -0.15) is 0 Å². The van der Waals surface area contributed by atoms with E-state index in [9.17, 15) is 13.2 Å². The van der Waals surface area contributed by atoms with Crippen LogP contribution in [-0.2, 0) is 0 Å². The van der Waals surface area contributed by atoms with Crippen LogP contribution < -0.4 is 9.39 Å². The van der Waals surface area contributed by atoms with Gasteiger partial charge in [0.05, 0.1) is 0 Å². The SMILES string of the molecule is OBOc1cccc(OC(F)(F)F)c1. The molecule has 76 valence electrons. The fourth-order valence-electron chi connectivity index (χ4n) is 0.836. The zero-order valence-electron chi connectivity index (χ0n) is 6.91. The van der Waals surface area contributed by atoms with Crippen LogP contribution in [0.25, 0.3) is 0 Å². The molecule has 1 aromatic rings. The van der Waals surface area contributed by atoms with Crippen LogP contribution in [-0.4, -0.2) is 19.1 Å². The van der Waals surface area contributed by atoms with Crippen molar-refractivity contribution in [2.75, 3.05) is 0 Å². The third-order valence-electron chi connectivity index (χ3n) is 1.27. The summed E-state index contributed by atoms with van der Waals surface area (Å²) in [6.07, 6.45) is -4.72. The van der Waals surface area contributed by atoms with Gasteiger partial charge in [-0.25, -0.2) is 0 Å². The molecule has 0 aliphatic rings. The van der Waals surface area contributed by atoms with Gasteiger partial charge in [-0.15, -0.1) is 13.2 Å². The summed E-state index contributed by atoms with van der Waals surface area (Å²) in [6.45, 7) is 0. The van der Waals surface area contributed by atoms with Crippen LogP contribution in [0.1, 0.15) is 0 Å². The highest BCUT2D eigenvalue weighted by Gasteiger charge is 2.31. The normalized spacial score (nSPS) is 10.9. The smallest absolute Gasteiger partial charge is 0.539 e. The second-order valence-electron chi connectivity index (χ2n) is 2.30. The Morgan fingerprint density at radius 3 is 2.43 bits per heavy atom. The third-order valence-corrected chi connectivity index (χ3v) is 1.27. The molecule has 0 unspecified atom stereocenters. The molecule has 0 radical (unpaired) electrons. The van der Waals surface area contributed by atoms with Crippen molar-refractivity contribution in [1.82, 2.24) is 0 Å². The van der Waals surface area contributed by atoms with E-state index in [1.165, 1.54) is 12.1 Å². The summed E-state index contributed by atoms with van der Waals surface area (Å²) in [5.74, 6) is -0.280. The van der Waals surface area contributed by atoms with E-state index in [2.05, 4.69) is 9.39 Å². The van der Waals surface area contributed by atoms with Gasteiger partial charge in [-0.3, -0.25) is 0 Å². The topological polar surface area (TPSA) is 38.7 Å². The van der Waals surface area contributed by atoms with Crippen LogP contribution in [0.15, 0.2) is 24.3 Å². The first-order valence-corrected chi connectivity index (χ1v) is 3.61. The van der Waals surface area contributed by atoms with Crippen molar-refractivity contribution in [2.45, 2.75) is 6.36 Å². The van der Waals surface area contributed by atoms with Gasteiger partial charge in [0.15, 0.2) is 0 Å². The Labute approximate surface area is 78.4 Å². The number of hydrogen-bond acceptors (Lipinski definition) is 3. The zero-order chi connectivity index (χ0) is 10.6. The summed E-state index contributed by atoms with van der Waals surface area (Å²) in [6, 6.07) is 4.90. The van der Waals surface area contributed by atoms with Gasteiger partial charge in [0.1, 0.15) is 11.5 Å². The minimum absolute atomic E-state index is 0.106. The van der Waals surface area contributed by atoms with Gasteiger partial charge in [-0.1, -0.05) is 6.07 Å². The van der Waals surface area contributed by atoms with Crippen molar-refractivity contribution in [3.8, 4) is 11.5 Å². The molecule has 0 bridgehead atoms. The van der Waals surface area contributed by atoms with E-state index in [1.54, 1.807) is 0 Å². The number of hydrogen-bond donors (Lipinski definition) is 1. The van der Waals surface area contributed by atoms with Crippen LogP contribution in [0.4, 0.5) is 13.2 Å². The molecule has 1 N–H and O–H groups in total. The number of rotatable bonds is 3. The highest BCUT2D eigenvalue weighted by molar-refractivity contribution is 6.17. The van der Waals surface area contributed by atoms with Crippen LogP contribution in [0.3, 0.4) is 0 Å². The molecule has 1 rings (SSSR count). The van der Waals surface area contributed by atoms with E-state index >= 15 is 0 Å². The molecule has 0 amide bonds. The van der Waals surface area contributed by atoms with Crippen molar-refractivity contribution >= 4 is 7.69 Å². The maximum Gasteiger partial charge on any atom is 0.573 e. The highest BCUT2D eigenvalue weighted by Crippen LogP contribution is 2.25. The Hall–Kier alpha value is -1.37. The van der Waals surface area contributed by atoms with E-state index in [1.807, 2.05) is 0 Å². The Kier molecular flexibility index (Phi) is 3.24. The molecular weight excluding hydrogens is 200 g/mol.